The van der Waals surface area contributed by atoms with Crippen molar-refractivity contribution in [1.29, 1.82) is 0 Å². The van der Waals surface area contributed by atoms with E-state index < -0.39 is 6.09 Å². The summed E-state index contributed by atoms with van der Waals surface area (Å²) in [5, 5.41) is 2.73. The second-order valence-electron chi connectivity index (χ2n) is 5.20. The molecule has 0 spiro atoms. The fraction of sp³-hybridized carbons (Fsp3) is 0.467. The van der Waals surface area contributed by atoms with Crippen LogP contribution in [0.4, 0.5) is 9.18 Å². The van der Waals surface area contributed by atoms with Gasteiger partial charge in [0.1, 0.15) is 5.82 Å². The summed E-state index contributed by atoms with van der Waals surface area (Å²) in [6, 6.07) is 5.98. The van der Waals surface area contributed by atoms with Gasteiger partial charge in [0.05, 0.1) is 13.7 Å². The lowest BCUT2D eigenvalue weighted by atomic mass is 10.1. The average molecular weight is 294 g/mol. The van der Waals surface area contributed by atoms with Crippen LogP contribution in [0.15, 0.2) is 24.3 Å². The van der Waals surface area contributed by atoms with Gasteiger partial charge in [-0.1, -0.05) is 12.1 Å². The molecular weight excluding hydrogens is 275 g/mol. The van der Waals surface area contributed by atoms with Crippen LogP contribution < -0.4 is 5.32 Å². The molecule has 1 unspecified atom stereocenters. The molecule has 0 aliphatic carbocycles. The van der Waals surface area contributed by atoms with E-state index in [9.17, 15) is 14.0 Å². The highest BCUT2D eigenvalue weighted by Crippen LogP contribution is 2.10. The van der Waals surface area contributed by atoms with Gasteiger partial charge in [0.25, 0.3) is 0 Å². The number of halogens is 1. The quantitative estimate of drug-likeness (QED) is 0.891. The number of alkyl carbamates (subject to hydrolysis) is 1. The predicted molar refractivity (Wildman–Crippen MR) is 75.5 cm³/mol. The van der Waals surface area contributed by atoms with Crippen LogP contribution in [-0.2, 0) is 16.0 Å². The second kappa shape index (κ2) is 7.17. The molecule has 1 aromatic rings. The predicted octanol–water partition coefficient (Wildman–Crippen LogP) is 1.37. The number of likely N-dealkylation sites (tertiary alicyclic amines) is 1. The van der Waals surface area contributed by atoms with Gasteiger partial charge in [0.15, 0.2) is 5.78 Å². The number of nitrogens with zero attached hydrogens (tertiary/aromatic N) is 1. The van der Waals surface area contributed by atoms with E-state index in [4.69, 9.17) is 0 Å². The lowest BCUT2D eigenvalue weighted by Crippen LogP contribution is -2.38. The Labute approximate surface area is 123 Å². The van der Waals surface area contributed by atoms with E-state index in [0.717, 1.165) is 18.5 Å². The molecule has 114 valence electrons. The SMILES string of the molecule is COC(=O)NC1CCN(CC(=O)Cc2ccc(F)cc2)C1. The van der Waals surface area contributed by atoms with Gasteiger partial charge in [0.2, 0.25) is 0 Å². The molecular formula is C15H19FN2O3. The Bertz CT molecular complexity index is 504. The smallest absolute Gasteiger partial charge is 0.407 e. The van der Waals surface area contributed by atoms with E-state index in [-0.39, 0.29) is 17.6 Å². The van der Waals surface area contributed by atoms with Crippen molar-refractivity contribution in [1.82, 2.24) is 10.2 Å². The first-order chi connectivity index (χ1) is 10.1. The maximum atomic E-state index is 12.8. The van der Waals surface area contributed by atoms with Gasteiger partial charge in [-0.2, -0.15) is 0 Å². The summed E-state index contributed by atoms with van der Waals surface area (Å²) in [5.74, 6) is -0.220. The first kappa shape index (κ1) is 15.4. The Kier molecular flexibility index (Phi) is 5.27. The minimum Gasteiger partial charge on any atom is -0.453 e. The Hall–Kier alpha value is -1.95. The number of methoxy groups -OCH3 is 1. The van der Waals surface area contributed by atoms with Crippen LogP contribution in [0.2, 0.25) is 0 Å². The fourth-order valence-electron chi connectivity index (χ4n) is 2.45. The number of hydrogen-bond acceptors (Lipinski definition) is 4. The number of carbonyl (C=O) groups is 2. The summed E-state index contributed by atoms with van der Waals surface area (Å²) < 4.78 is 17.3. The summed E-state index contributed by atoms with van der Waals surface area (Å²) in [7, 11) is 1.33. The molecule has 0 saturated carbocycles. The van der Waals surface area contributed by atoms with Gasteiger partial charge in [-0.3, -0.25) is 9.69 Å². The molecule has 5 nitrogen and oxygen atoms in total. The average Bonchev–Trinajstić information content (AvgIpc) is 2.88. The van der Waals surface area contributed by atoms with Crippen molar-refractivity contribution in [2.45, 2.75) is 18.9 Å². The van der Waals surface area contributed by atoms with Crippen LogP contribution in [-0.4, -0.2) is 49.6 Å². The number of amides is 1. The van der Waals surface area contributed by atoms with Gasteiger partial charge >= 0.3 is 6.09 Å². The van der Waals surface area contributed by atoms with Crippen LogP contribution in [0, 0.1) is 5.82 Å². The largest absolute Gasteiger partial charge is 0.453 e. The minimum atomic E-state index is -0.445. The first-order valence-corrected chi connectivity index (χ1v) is 6.90. The van der Waals surface area contributed by atoms with E-state index in [2.05, 4.69) is 10.1 Å². The van der Waals surface area contributed by atoms with E-state index in [1.54, 1.807) is 12.1 Å². The lowest BCUT2D eigenvalue weighted by Gasteiger charge is -2.15. The zero-order valence-corrected chi connectivity index (χ0v) is 12.0. The summed E-state index contributed by atoms with van der Waals surface area (Å²) >= 11 is 0. The van der Waals surface area contributed by atoms with Crippen molar-refractivity contribution in [3.8, 4) is 0 Å². The zero-order valence-electron chi connectivity index (χ0n) is 12.0. The molecule has 21 heavy (non-hydrogen) atoms. The number of rotatable bonds is 5. The van der Waals surface area contributed by atoms with Gasteiger partial charge in [0, 0.05) is 25.6 Å². The molecule has 0 bridgehead atoms. The Balaban J connectivity index is 1.76. The molecule has 1 aromatic carbocycles. The Morgan fingerprint density at radius 3 is 2.76 bits per heavy atom. The number of ketones is 1. The molecule has 6 heteroatoms. The maximum Gasteiger partial charge on any atom is 0.407 e. The van der Waals surface area contributed by atoms with Crippen LogP contribution in [0.25, 0.3) is 0 Å². The normalized spacial score (nSPS) is 18.5. The van der Waals surface area contributed by atoms with E-state index >= 15 is 0 Å². The topological polar surface area (TPSA) is 58.6 Å². The Morgan fingerprint density at radius 1 is 1.38 bits per heavy atom. The number of benzene rings is 1. The summed E-state index contributed by atoms with van der Waals surface area (Å²) in [6.07, 6.45) is 0.657. The molecule has 0 aromatic heterocycles. The Morgan fingerprint density at radius 2 is 2.10 bits per heavy atom. The highest BCUT2D eigenvalue weighted by molar-refractivity contribution is 5.82. The van der Waals surface area contributed by atoms with Crippen LogP contribution in [0.5, 0.6) is 0 Å². The highest BCUT2D eigenvalue weighted by Gasteiger charge is 2.25. The zero-order chi connectivity index (χ0) is 15.2. The first-order valence-electron chi connectivity index (χ1n) is 6.90. The molecule has 1 aliphatic heterocycles. The van der Waals surface area contributed by atoms with Gasteiger partial charge < -0.3 is 10.1 Å². The number of carbonyl (C=O) groups excluding carboxylic acids is 2. The third kappa shape index (κ3) is 4.82. The molecule has 1 amide bonds. The molecule has 1 atom stereocenters. The molecule has 1 heterocycles. The van der Waals surface area contributed by atoms with Crippen LogP contribution >= 0.6 is 0 Å². The lowest BCUT2D eigenvalue weighted by molar-refractivity contribution is -0.119. The summed E-state index contributed by atoms with van der Waals surface area (Å²) in [6.45, 7) is 1.75. The third-order valence-corrected chi connectivity index (χ3v) is 3.49. The fourth-order valence-corrected chi connectivity index (χ4v) is 2.45. The number of ether oxygens (including phenoxy) is 1. The van der Waals surface area contributed by atoms with E-state index in [1.807, 2.05) is 4.90 Å². The molecule has 1 N–H and O–H groups in total. The van der Waals surface area contributed by atoms with Crippen molar-refractivity contribution >= 4 is 11.9 Å². The van der Waals surface area contributed by atoms with Crippen molar-refractivity contribution in [2.75, 3.05) is 26.7 Å². The van der Waals surface area contributed by atoms with Crippen molar-refractivity contribution in [3.63, 3.8) is 0 Å². The minimum absolute atomic E-state index is 0.0241. The van der Waals surface area contributed by atoms with Crippen molar-refractivity contribution in [2.24, 2.45) is 0 Å². The second-order valence-corrected chi connectivity index (χ2v) is 5.20. The summed E-state index contributed by atoms with van der Waals surface area (Å²) in [4.78, 5) is 25.1. The molecule has 2 rings (SSSR count). The maximum absolute atomic E-state index is 12.8. The van der Waals surface area contributed by atoms with E-state index in [0.29, 0.717) is 19.5 Å². The van der Waals surface area contributed by atoms with Gasteiger partial charge in [-0.05, 0) is 24.1 Å². The number of Topliss-reactive ketones (excluding diaryl/α,β-unsaturated/α-hetero) is 1. The van der Waals surface area contributed by atoms with Gasteiger partial charge in [-0.15, -0.1) is 0 Å². The molecule has 1 fully saturated rings. The summed E-state index contributed by atoms with van der Waals surface area (Å²) in [5.41, 5.74) is 0.810. The van der Waals surface area contributed by atoms with Crippen molar-refractivity contribution in [3.05, 3.63) is 35.6 Å². The van der Waals surface area contributed by atoms with Crippen molar-refractivity contribution < 1.29 is 18.7 Å². The van der Waals surface area contributed by atoms with Gasteiger partial charge in [-0.25, -0.2) is 9.18 Å². The monoisotopic (exact) mass is 294 g/mol. The molecule has 0 radical (unpaired) electrons. The number of nitrogens with one attached hydrogen (secondary N) is 1. The van der Waals surface area contributed by atoms with Crippen LogP contribution in [0.1, 0.15) is 12.0 Å². The van der Waals surface area contributed by atoms with E-state index in [1.165, 1.54) is 19.2 Å². The third-order valence-electron chi connectivity index (χ3n) is 3.49. The highest BCUT2D eigenvalue weighted by atomic mass is 19.1. The molecule has 1 aliphatic rings. The van der Waals surface area contributed by atoms with Crippen LogP contribution in [0.3, 0.4) is 0 Å². The standard InChI is InChI=1S/C15H19FN2O3/c1-21-15(20)17-13-6-7-18(9-13)10-14(19)8-11-2-4-12(16)5-3-11/h2-5,13H,6-10H2,1H3,(H,17,20). The molecule has 1 saturated heterocycles. The number of hydrogen-bond donors (Lipinski definition) is 1.